The van der Waals surface area contributed by atoms with Crippen LogP contribution >= 0.6 is 0 Å². The zero-order chi connectivity index (χ0) is 21.1. The number of carbonyl (C=O) groups is 1. The van der Waals surface area contributed by atoms with Gasteiger partial charge in [-0.3, -0.25) is 9.10 Å². The molecule has 1 aliphatic heterocycles. The molecule has 0 unspecified atom stereocenters. The Balaban J connectivity index is 1.63. The first-order valence-electron chi connectivity index (χ1n) is 10.6. The summed E-state index contributed by atoms with van der Waals surface area (Å²) in [5.41, 5.74) is 1.98. The molecule has 0 bridgehead atoms. The molecule has 2 aliphatic rings. The lowest BCUT2D eigenvalue weighted by Gasteiger charge is -2.21. The lowest BCUT2D eigenvalue weighted by atomic mass is 10.1. The Bertz CT molecular complexity index is 1030. The fourth-order valence-corrected chi connectivity index (χ4v) is 5.93. The van der Waals surface area contributed by atoms with E-state index in [0.717, 1.165) is 31.2 Å². The Hall–Kier alpha value is -2.54. The molecule has 4 rings (SSSR count). The molecule has 1 aliphatic carbocycles. The standard InChI is InChI=1S/C23H28N2O4S/c1-29-22-13-12-19(16-20(22)23(26)24-18-9-4-2-3-5-10-18)30(27,28)25-15-14-17-8-6-7-11-21(17)25/h6-8,11-13,16,18H,2-5,9-10,14-15H2,1H3,(H,24,26). The first-order chi connectivity index (χ1) is 14.5. The number of para-hydroxylation sites is 1. The molecule has 0 atom stereocenters. The van der Waals surface area contributed by atoms with Crippen LogP contribution in [-0.4, -0.2) is 34.0 Å². The third kappa shape index (κ3) is 4.03. The number of fused-ring (bicyclic) bond motifs is 1. The average molecular weight is 429 g/mol. The van der Waals surface area contributed by atoms with E-state index in [4.69, 9.17) is 4.74 Å². The number of sulfonamides is 1. The monoisotopic (exact) mass is 428 g/mol. The number of benzene rings is 2. The van der Waals surface area contributed by atoms with E-state index in [1.807, 2.05) is 24.3 Å². The van der Waals surface area contributed by atoms with Gasteiger partial charge in [0, 0.05) is 12.6 Å². The summed E-state index contributed by atoms with van der Waals surface area (Å²) >= 11 is 0. The topological polar surface area (TPSA) is 75.7 Å². The summed E-state index contributed by atoms with van der Waals surface area (Å²) in [4.78, 5) is 13.1. The molecule has 1 N–H and O–H groups in total. The first-order valence-corrected chi connectivity index (χ1v) is 12.0. The van der Waals surface area contributed by atoms with E-state index >= 15 is 0 Å². The van der Waals surface area contributed by atoms with Gasteiger partial charge in [0.25, 0.3) is 15.9 Å². The van der Waals surface area contributed by atoms with Gasteiger partial charge in [0.15, 0.2) is 0 Å². The second kappa shape index (κ2) is 8.68. The molecule has 0 spiro atoms. The molecule has 6 nitrogen and oxygen atoms in total. The number of anilines is 1. The van der Waals surface area contributed by atoms with Crippen molar-refractivity contribution in [3.8, 4) is 5.75 Å². The number of nitrogens with zero attached hydrogens (tertiary/aromatic N) is 1. The van der Waals surface area contributed by atoms with Gasteiger partial charge in [-0.15, -0.1) is 0 Å². The van der Waals surface area contributed by atoms with Crippen LogP contribution in [0.15, 0.2) is 47.4 Å². The maximum atomic E-state index is 13.4. The molecule has 2 aromatic rings. The van der Waals surface area contributed by atoms with Gasteiger partial charge in [0.1, 0.15) is 5.75 Å². The van der Waals surface area contributed by atoms with Crippen molar-refractivity contribution in [2.24, 2.45) is 0 Å². The highest BCUT2D eigenvalue weighted by Crippen LogP contribution is 2.34. The van der Waals surface area contributed by atoms with Crippen LogP contribution in [-0.2, 0) is 16.4 Å². The molecule has 1 amide bonds. The fourth-order valence-electron chi connectivity index (χ4n) is 4.40. The molecule has 0 saturated heterocycles. The van der Waals surface area contributed by atoms with E-state index in [1.165, 1.54) is 36.4 Å². The van der Waals surface area contributed by atoms with Crippen LogP contribution in [0.5, 0.6) is 5.75 Å². The van der Waals surface area contributed by atoms with Crippen molar-refractivity contribution in [3.63, 3.8) is 0 Å². The number of nitrogens with one attached hydrogen (secondary N) is 1. The molecule has 1 saturated carbocycles. The highest BCUT2D eigenvalue weighted by atomic mass is 32.2. The molecule has 1 heterocycles. The quantitative estimate of drug-likeness (QED) is 0.733. The summed E-state index contributed by atoms with van der Waals surface area (Å²) in [6.07, 6.45) is 7.19. The third-order valence-electron chi connectivity index (χ3n) is 6.04. The van der Waals surface area contributed by atoms with Crippen LogP contribution in [0.3, 0.4) is 0 Å². The molecular weight excluding hydrogens is 400 g/mol. The summed E-state index contributed by atoms with van der Waals surface area (Å²) in [5.74, 6) is 0.0968. The minimum absolute atomic E-state index is 0.103. The molecule has 0 radical (unpaired) electrons. The lowest BCUT2D eigenvalue weighted by Crippen LogP contribution is -2.35. The van der Waals surface area contributed by atoms with E-state index in [0.29, 0.717) is 24.4 Å². The maximum absolute atomic E-state index is 13.4. The molecule has 0 aromatic heterocycles. The molecule has 30 heavy (non-hydrogen) atoms. The first kappa shape index (κ1) is 20.7. The van der Waals surface area contributed by atoms with Crippen molar-refractivity contribution in [3.05, 3.63) is 53.6 Å². The Morgan fingerprint density at radius 3 is 2.53 bits per heavy atom. The molecule has 2 aromatic carbocycles. The van der Waals surface area contributed by atoms with E-state index in [9.17, 15) is 13.2 Å². The van der Waals surface area contributed by atoms with Gasteiger partial charge >= 0.3 is 0 Å². The molecule has 160 valence electrons. The lowest BCUT2D eigenvalue weighted by molar-refractivity contribution is 0.0930. The van der Waals surface area contributed by atoms with Crippen molar-refractivity contribution in [1.82, 2.24) is 5.32 Å². The van der Waals surface area contributed by atoms with Gasteiger partial charge in [-0.1, -0.05) is 43.9 Å². The zero-order valence-corrected chi connectivity index (χ0v) is 18.1. The number of hydrogen-bond donors (Lipinski definition) is 1. The Kier molecular flexibility index (Phi) is 5.99. The van der Waals surface area contributed by atoms with E-state index in [2.05, 4.69) is 5.32 Å². The van der Waals surface area contributed by atoms with Gasteiger partial charge in [0.2, 0.25) is 0 Å². The number of rotatable bonds is 5. The SMILES string of the molecule is COc1ccc(S(=O)(=O)N2CCc3ccccc32)cc1C(=O)NC1CCCCCC1. The van der Waals surface area contributed by atoms with Crippen molar-refractivity contribution in [1.29, 1.82) is 0 Å². The summed E-state index contributed by atoms with van der Waals surface area (Å²) in [5, 5.41) is 3.09. The summed E-state index contributed by atoms with van der Waals surface area (Å²) in [6.45, 7) is 0.400. The van der Waals surface area contributed by atoms with Crippen LogP contribution in [0.25, 0.3) is 0 Å². The van der Waals surface area contributed by atoms with Crippen LogP contribution in [0, 0.1) is 0 Å². The largest absolute Gasteiger partial charge is 0.496 e. The van der Waals surface area contributed by atoms with Gasteiger partial charge in [0.05, 0.1) is 23.3 Å². The van der Waals surface area contributed by atoms with E-state index in [-0.39, 0.29) is 22.4 Å². The van der Waals surface area contributed by atoms with Crippen molar-refractivity contribution < 1.29 is 17.9 Å². The van der Waals surface area contributed by atoms with Gasteiger partial charge in [-0.25, -0.2) is 8.42 Å². The molecular formula is C23H28N2O4S. The Labute approximate surface area is 178 Å². The smallest absolute Gasteiger partial charge is 0.264 e. The molecule has 1 fully saturated rings. The van der Waals surface area contributed by atoms with Crippen LogP contribution in [0.1, 0.15) is 54.4 Å². The van der Waals surface area contributed by atoms with Gasteiger partial charge in [-0.05, 0) is 49.1 Å². The average Bonchev–Trinajstić information content (AvgIpc) is 3.04. The number of hydrogen-bond acceptors (Lipinski definition) is 4. The number of ether oxygens (including phenoxy) is 1. The van der Waals surface area contributed by atoms with Gasteiger partial charge in [-0.2, -0.15) is 0 Å². The maximum Gasteiger partial charge on any atom is 0.264 e. The Morgan fingerprint density at radius 1 is 1.07 bits per heavy atom. The van der Waals surface area contributed by atoms with E-state index in [1.54, 1.807) is 6.07 Å². The van der Waals surface area contributed by atoms with Gasteiger partial charge < -0.3 is 10.1 Å². The third-order valence-corrected chi connectivity index (χ3v) is 7.85. The second-order valence-electron chi connectivity index (χ2n) is 7.98. The van der Waals surface area contributed by atoms with E-state index < -0.39 is 10.0 Å². The predicted molar refractivity (Wildman–Crippen MR) is 117 cm³/mol. The number of carbonyl (C=O) groups excluding carboxylic acids is 1. The highest BCUT2D eigenvalue weighted by molar-refractivity contribution is 7.92. The zero-order valence-electron chi connectivity index (χ0n) is 17.3. The van der Waals surface area contributed by atoms with Crippen molar-refractivity contribution >= 4 is 21.6 Å². The highest BCUT2D eigenvalue weighted by Gasteiger charge is 2.31. The molecule has 7 heteroatoms. The van der Waals surface area contributed by atoms with Crippen LogP contribution in [0.4, 0.5) is 5.69 Å². The van der Waals surface area contributed by atoms with Crippen molar-refractivity contribution in [2.45, 2.75) is 55.9 Å². The van der Waals surface area contributed by atoms with Crippen LogP contribution < -0.4 is 14.4 Å². The minimum Gasteiger partial charge on any atom is -0.496 e. The summed E-state index contributed by atoms with van der Waals surface area (Å²) in [6, 6.07) is 12.2. The van der Waals surface area contributed by atoms with Crippen molar-refractivity contribution in [2.75, 3.05) is 18.0 Å². The number of amides is 1. The minimum atomic E-state index is -3.77. The second-order valence-corrected chi connectivity index (χ2v) is 9.84. The van der Waals surface area contributed by atoms with Crippen LogP contribution in [0.2, 0.25) is 0 Å². The predicted octanol–water partition coefficient (Wildman–Crippen LogP) is 3.90. The normalized spacial score (nSPS) is 17.3. The summed E-state index contributed by atoms with van der Waals surface area (Å²) < 4.78 is 33.5. The Morgan fingerprint density at radius 2 is 1.80 bits per heavy atom. The number of methoxy groups -OCH3 is 1. The summed E-state index contributed by atoms with van der Waals surface area (Å²) in [7, 11) is -2.29. The fraction of sp³-hybridized carbons (Fsp3) is 0.435.